The van der Waals surface area contributed by atoms with E-state index >= 15 is 0 Å². The van der Waals surface area contributed by atoms with Crippen molar-refractivity contribution in [2.45, 2.75) is 0 Å². The van der Waals surface area contributed by atoms with Crippen LogP contribution in [0.25, 0.3) is 88.3 Å². The van der Waals surface area contributed by atoms with E-state index in [0.717, 1.165) is 77.5 Å². The number of aromatic nitrogens is 3. The molecule has 0 amide bonds. The molecule has 0 radical (unpaired) electrons. The van der Waals surface area contributed by atoms with Gasteiger partial charge in [0.1, 0.15) is 17.0 Å². The Morgan fingerprint density at radius 2 is 1.07 bits per heavy atom. The first-order valence-corrected chi connectivity index (χ1v) is 15.2. The number of imidazole rings is 1. The van der Waals surface area contributed by atoms with E-state index < -0.39 is 0 Å². The number of hydrogen-bond acceptors (Lipinski definition) is 2. The number of rotatable bonds is 3. The van der Waals surface area contributed by atoms with Crippen LogP contribution in [0.15, 0.2) is 156 Å². The van der Waals surface area contributed by atoms with Crippen LogP contribution in [-0.4, -0.2) is 14.1 Å². The minimum Gasteiger partial charge on any atom is -0.455 e. The second-order valence-corrected chi connectivity index (χ2v) is 11.6. The lowest BCUT2D eigenvalue weighted by Gasteiger charge is -2.12. The summed E-state index contributed by atoms with van der Waals surface area (Å²) < 4.78 is 11.4. The minimum absolute atomic E-state index is 0.932. The number of para-hydroxylation sites is 3. The van der Waals surface area contributed by atoms with Crippen molar-refractivity contribution >= 4 is 65.6 Å². The number of benzene rings is 7. The highest BCUT2D eigenvalue weighted by atomic mass is 16.3. The van der Waals surface area contributed by atoms with Crippen molar-refractivity contribution in [2.24, 2.45) is 0 Å². The summed E-state index contributed by atoms with van der Waals surface area (Å²) in [6, 6.07) is 53.4. The Balaban J connectivity index is 1.20. The Morgan fingerprint density at radius 3 is 1.91 bits per heavy atom. The van der Waals surface area contributed by atoms with Crippen LogP contribution < -0.4 is 0 Å². The van der Waals surface area contributed by atoms with E-state index in [0.29, 0.717) is 0 Å². The smallest absolute Gasteiger partial charge is 0.145 e. The van der Waals surface area contributed by atoms with Crippen molar-refractivity contribution < 1.29 is 4.42 Å². The van der Waals surface area contributed by atoms with E-state index in [1.54, 1.807) is 0 Å². The molecule has 3 heterocycles. The lowest BCUT2D eigenvalue weighted by molar-refractivity contribution is 0.676. The fraction of sp³-hybridized carbons (Fsp3) is 0. The third-order valence-electron chi connectivity index (χ3n) is 9.12. The van der Waals surface area contributed by atoms with Crippen LogP contribution >= 0.6 is 0 Å². The molecule has 0 spiro atoms. The van der Waals surface area contributed by atoms with E-state index in [2.05, 4.69) is 149 Å². The molecule has 45 heavy (non-hydrogen) atoms. The molecule has 0 atom stereocenters. The van der Waals surface area contributed by atoms with Crippen LogP contribution in [0.4, 0.5) is 0 Å². The van der Waals surface area contributed by atoms with E-state index in [9.17, 15) is 0 Å². The zero-order chi connectivity index (χ0) is 29.5. The number of furan rings is 1. The van der Waals surface area contributed by atoms with Crippen molar-refractivity contribution in [3.63, 3.8) is 0 Å². The van der Waals surface area contributed by atoms with Crippen LogP contribution in [0.2, 0.25) is 0 Å². The summed E-state index contributed by atoms with van der Waals surface area (Å²) in [6.07, 6.45) is 0. The van der Waals surface area contributed by atoms with Crippen molar-refractivity contribution in [1.29, 1.82) is 0 Å². The van der Waals surface area contributed by atoms with Gasteiger partial charge in [0.15, 0.2) is 0 Å². The first-order chi connectivity index (χ1) is 22.3. The molecule has 0 unspecified atom stereocenters. The van der Waals surface area contributed by atoms with E-state index in [1.807, 2.05) is 12.1 Å². The summed E-state index contributed by atoms with van der Waals surface area (Å²) in [4.78, 5) is 5.03. The number of hydrogen-bond donors (Lipinski definition) is 0. The van der Waals surface area contributed by atoms with Crippen LogP contribution in [0.5, 0.6) is 0 Å². The molecule has 4 heteroatoms. The Labute approximate surface area is 258 Å². The summed E-state index contributed by atoms with van der Waals surface area (Å²) in [6.45, 7) is 0. The summed E-state index contributed by atoms with van der Waals surface area (Å²) in [5.41, 5.74) is 9.46. The SMILES string of the molecule is c1ccc(-c2nc3ccccc3n2-c2ccc(-n3c4ccccc4c4c5oc6c7ccccc7ccc6c5ccc43)cc2)cc1. The fourth-order valence-corrected chi connectivity index (χ4v) is 7.11. The number of nitrogens with zero attached hydrogens (tertiary/aromatic N) is 3. The van der Waals surface area contributed by atoms with E-state index in [1.165, 1.54) is 10.8 Å². The highest BCUT2D eigenvalue weighted by Gasteiger charge is 2.20. The summed E-state index contributed by atoms with van der Waals surface area (Å²) in [7, 11) is 0. The molecule has 210 valence electrons. The molecule has 7 aromatic carbocycles. The maximum Gasteiger partial charge on any atom is 0.145 e. The van der Waals surface area contributed by atoms with Gasteiger partial charge >= 0.3 is 0 Å². The molecule has 0 aliphatic heterocycles. The first-order valence-electron chi connectivity index (χ1n) is 15.2. The molecule has 0 fully saturated rings. The van der Waals surface area contributed by atoms with Crippen LogP contribution in [0.3, 0.4) is 0 Å². The summed E-state index contributed by atoms with van der Waals surface area (Å²) in [5, 5.41) is 6.93. The van der Waals surface area contributed by atoms with E-state index in [4.69, 9.17) is 9.40 Å². The fourth-order valence-electron chi connectivity index (χ4n) is 7.11. The molecule has 0 saturated heterocycles. The molecule has 0 bridgehead atoms. The van der Waals surface area contributed by atoms with Crippen LogP contribution in [0, 0.1) is 0 Å². The largest absolute Gasteiger partial charge is 0.455 e. The molecular weight excluding hydrogens is 550 g/mol. The Bertz CT molecular complexity index is 2750. The van der Waals surface area contributed by atoms with Gasteiger partial charge in [0.05, 0.1) is 27.5 Å². The summed E-state index contributed by atoms with van der Waals surface area (Å²) >= 11 is 0. The molecule has 10 rings (SSSR count). The highest BCUT2D eigenvalue weighted by molar-refractivity contribution is 6.26. The Hall–Kier alpha value is -6.13. The molecule has 0 aliphatic rings. The van der Waals surface area contributed by atoms with Crippen molar-refractivity contribution in [3.05, 3.63) is 152 Å². The molecule has 0 aliphatic carbocycles. The molecule has 4 nitrogen and oxygen atoms in total. The monoisotopic (exact) mass is 575 g/mol. The summed E-state index contributed by atoms with van der Waals surface area (Å²) in [5.74, 6) is 0.932. The molecule has 0 N–H and O–H groups in total. The van der Waals surface area contributed by atoms with Crippen molar-refractivity contribution in [3.8, 4) is 22.8 Å². The molecule has 10 aromatic rings. The quantitative estimate of drug-likeness (QED) is 0.210. The lowest BCUT2D eigenvalue weighted by atomic mass is 10.0. The van der Waals surface area contributed by atoms with Gasteiger partial charge in [-0.15, -0.1) is 0 Å². The van der Waals surface area contributed by atoms with Gasteiger partial charge in [0, 0.05) is 38.5 Å². The maximum absolute atomic E-state index is 6.78. The zero-order valence-corrected chi connectivity index (χ0v) is 24.2. The second-order valence-electron chi connectivity index (χ2n) is 11.6. The third-order valence-corrected chi connectivity index (χ3v) is 9.12. The average molecular weight is 576 g/mol. The second kappa shape index (κ2) is 9.18. The van der Waals surface area contributed by atoms with Crippen molar-refractivity contribution in [2.75, 3.05) is 0 Å². The van der Waals surface area contributed by atoms with Gasteiger partial charge in [0.25, 0.3) is 0 Å². The van der Waals surface area contributed by atoms with Crippen molar-refractivity contribution in [1.82, 2.24) is 14.1 Å². The zero-order valence-electron chi connectivity index (χ0n) is 24.2. The lowest BCUT2D eigenvalue weighted by Crippen LogP contribution is -1.99. The topological polar surface area (TPSA) is 35.9 Å². The molecular formula is C41H25N3O. The molecule has 0 saturated carbocycles. The predicted octanol–water partition coefficient (Wildman–Crippen LogP) is 10.8. The van der Waals surface area contributed by atoms with Gasteiger partial charge in [-0.05, 0) is 66.0 Å². The normalized spacial score (nSPS) is 12.0. The first kappa shape index (κ1) is 24.3. The van der Waals surface area contributed by atoms with Crippen LogP contribution in [-0.2, 0) is 0 Å². The van der Waals surface area contributed by atoms with Gasteiger partial charge in [-0.3, -0.25) is 4.57 Å². The highest BCUT2D eigenvalue weighted by Crippen LogP contribution is 2.42. The van der Waals surface area contributed by atoms with Gasteiger partial charge in [0.2, 0.25) is 0 Å². The van der Waals surface area contributed by atoms with E-state index in [-0.39, 0.29) is 0 Å². The van der Waals surface area contributed by atoms with Gasteiger partial charge in [-0.1, -0.05) is 91.0 Å². The predicted molar refractivity (Wildman–Crippen MR) is 186 cm³/mol. The Morgan fingerprint density at radius 1 is 0.422 bits per heavy atom. The van der Waals surface area contributed by atoms with Gasteiger partial charge in [-0.25, -0.2) is 4.98 Å². The third kappa shape index (κ3) is 3.45. The molecule has 3 aromatic heterocycles. The standard InChI is InChI=1S/C41H25N3O/c1-2-11-27(12-3-1)41-42-34-15-7-9-17-36(34)44(41)29-21-19-28(20-22-29)43-35-16-8-6-14-33(35)38-37(43)25-24-32-31-23-18-26-10-4-5-13-30(26)39(31)45-40(32)38/h1-25H. The number of fused-ring (bicyclic) bond motifs is 10. The maximum atomic E-state index is 6.78. The minimum atomic E-state index is 0.932. The Kier molecular flexibility index (Phi) is 4.96. The average Bonchev–Trinajstić information content (AvgIpc) is 3.78. The van der Waals surface area contributed by atoms with Gasteiger partial charge in [-0.2, -0.15) is 0 Å². The van der Waals surface area contributed by atoms with Crippen LogP contribution in [0.1, 0.15) is 0 Å². The van der Waals surface area contributed by atoms with Gasteiger partial charge < -0.3 is 8.98 Å².